The van der Waals surface area contributed by atoms with E-state index >= 15 is 0 Å². The Labute approximate surface area is 137 Å². The number of nitro groups is 1. The van der Waals surface area contributed by atoms with Crippen LogP contribution in [0.4, 0.5) is 5.69 Å². The maximum Gasteiger partial charge on any atom is 0.278 e. The molecule has 0 aliphatic heterocycles. The lowest BCUT2D eigenvalue weighted by Gasteiger charge is -1.98. The van der Waals surface area contributed by atoms with E-state index in [2.05, 4.69) is 30.7 Å². The molecular formula is C13H8N8O2S. The average Bonchev–Trinajstić information content (AvgIpc) is 3.33. The van der Waals surface area contributed by atoms with Gasteiger partial charge in [-0.05, 0) is 11.3 Å². The Balaban J connectivity index is 1.70. The van der Waals surface area contributed by atoms with Gasteiger partial charge in [-0.25, -0.2) is 9.67 Å². The van der Waals surface area contributed by atoms with Crippen molar-refractivity contribution in [3.8, 4) is 27.8 Å². The van der Waals surface area contributed by atoms with Gasteiger partial charge in [-0.2, -0.15) is 10.3 Å². The van der Waals surface area contributed by atoms with Crippen molar-refractivity contribution in [3.63, 3.8) is 0 Å². The molecule has 10 nitrogen and oxygen atoms in total. The first kappa shape index (κ1) is 14.1. The molecule has 0 amide bonds. The van der Waals surface area contributed by atoms with Crippen molar-refractivity contribution in [1.29, 1.82) is 0 Å². The standard InChI is InChI=1S/C13H8N8O2S/c22-21(23)11-4-2-1-3-9(11)10-7-24-13(15-10)20-6-8(5-14-20)12-16-18-19-17-12/h1-7H,(H,16,17,18,19). The number of nitro benzene ring substituents is 1. The Hall–Kier alpha value is -3.47. The molecule has 0 saturated heterocycles. The maximum absolute atomic E-state index is 11.1. The summed E-state index contributed by atoms with van der Waals surface area (Å²) in [6, 6.07) is 6.49. The fourth-order valence-electron chi connectivity index (χ4n) is 2.17. The van der Waals surface area contributed by atoms with E-state index in [-0.39, 0.29) is 5.69 Å². The summed E-state index contributed by atoms with van der Waals surface area (Å²) in [5.74, 6) is 0.428. The van der Waals surface area contributed by atoms with Crippen LogP contribution in [0.5, 0.6) is 0 Å². The molecule has 4 rings (SSSR count). The minimum Gasteiger partial charge on any atom is -0.258 e. The number of hydrogen-bond donors (Lipinski definition) is 1. The van der Waals surface area contributed by atoms with Gasteiger partial charge in [0.15, 0.2) is 0 Å². The number of para-hydroxylation sites is 1. The number of tetrazole rings is 1. The van der Waals surface area contributed by atoms with Gasteiger partial charge >= 0.3 is 0 Å². The predicted octanol–water partition coefficient (Wildman–Crippen LogP) is 2.08. The number of nitrogens with zero attached hydrogens (tertiary/aromatic N) is 7. The van der Waals surface area contributed by atoms with Gasteiger partial charge in [0.2, 0.25) is 11.0 Å². The van der Waals surface area contributed by atoms with Crippen LogP contribution in [0.2, 0.25) is 0 Å². The molecule has 4 aromatic rings. The zero-order valence-electron chi connectivity index (χ0n) is 11.9. The Kier molecular flexibility index (Phi) is 3.31. The van der Waals surface area contributed by atoms with Crippen molar-refractivity contribution in [1.82, 2.24) is 35.4 Å². The number of nitrogens with one attached hydrogen (secondary N) is 1. The quantitative estimate of drug-likeness (QED) is 0.445. The number of rotatable bonds is 4. The zero-order valence-corrected chi connectivity index (χ0v) is 12.7. The van der Waals surface area contributed by atoms with Crippen molar-refractivity contribution in [2.24, 2.45) is 0 Å². The van der Waals surface area contributed by atoms with Crippen LogP contribution in [-0.2, 0) is 0 Å². The van der Waals surface area contributed by atoms with Crippen molar-refractivity contribution < 1.29 is 4.92 Å². The number of hydrogen-bond acceptors (Lipinski definition) is 8. The maximum atomic E-state index is 11.1. The van der Waals surface area contributed by atoms with Crippen LogP contribution >= 0.6 is 11.3 Å². The summed E-state index contributed by atoms with van der Waals surface area (Å²) in [7, 11) is 0. The van der Waals surface area contributed by atoms with Gasteiger partial charge < -0.3 is 0 Å². The lowest BCUT2D eigenvalue weighted by atomic mass is 10.1. The number of benzene rings is 1. The molecule has 0 fully saturated rings. The summed E-state index contributed by atoms with van der Waals surface area (Å²) in [6.07, 6.45) is 3.31. The van der Waals surface area contributed by atoms with Gasteiger partial charge in [0, 0.05) is 17.6 Å². The zero-order chi connectivity index (χ0) is 16.5. The first-order valence-corrected chi connectivity index (χ1v) is 7.58. The second-order valence-electron chi connectivity index (χ2n) is 4.70. The van der Waals surface area contributed by atoms with Crippen molar-refractivity contribution >= 4 is 17.0 Å². The SMILES string of the molecule is O=[N+]([O-])c1ccccc1-c1csc(-n2cc(-c3nn[nH]n3)cn2)n1. The third kappa shape index (κ3) is 2.42. The van der Waals surface area contributed by atoms with E-state index in [1.54, 1.807) is 40.7 Å². The molecule has 11 heteroatoms. The molecule has 3 heterocycles. The highest BCUT2D eigenvalue weighted by molar-refractivity contribution is 7.12. The Morgan fingerprint density at radius 3 is 2.96 bits per heavy atom. The molecule has 3 aromatic heterocycles. The molecule has 118 valence electrons. The molecule has 0 aliphatic carbocycles. The lowest BCUT2D eigenvalue weighted by molar-refractivity contribution is -0.384. The van der Waals surface area contributed by atoms with Crippen LogP contribution in [0.25, 0.3) is 27.8 Å². The van der Waals surface area contributed by atoms with E-state index in [9.17, 15) is 10.1 Å². The third-order valence-corrected chi connectivity index (χ3v) is 4.08. The summed E-state index contributed by atoms with van der Waals surface area (Å²) in [5, 5.41) is 31.3. The van der Waals surface area contributed by atoms with E-state index in [4.69, 9.17) is 0 Å². The number of thiazole rings is 1. The van der Waals surface area contributed by atoms with Crippen LogP contribution in [0.3, 0.4) is 0 Å². The molecule has 24 heavy (non-hydrogen) atoms. The van der Waals surface area contributed by atoms with Crippen molar-refractivity contribution in [2.75, 3.05) is 0 Å². The van der Waals surface area contributed by atoms with E-state index in [0.717, 1.165) is 0 Å². The van der Waals surface area contributed by atoms with Gasteiger partial charge in [0.05, 0.1) is 27.9 Å². The number of aromatic nitrogens is 7. The monoisotopic (exact) mass is 340 g/mol. The molecule has 0 atom stereocenters. The van der Waals surface area contributed by atoms with Gasteiger partial charge in [-0.3, -0.25) is 10.1 Å². The molecular weight excluding hydrogens is 332 g/mol. The fourth-order valence-corrected chi connectivity index (χ4v) is 2.93. The number of aromatic amines is 1. The second-order valence-corrected chi connectivity index (χ2v) is 5.54. The molecule has 0 spiro atoms. The lowest BCUT2D eigenvalue weighted by Crippen LogP contribution is -1.94. The van der Waals surface area contributed by atoms with Gasteiger partial charge in [0.25, 0.3) is 5.69 Å². The number of H-pyrrole nitrogens is 1. The first-order valence-electron chi connectivity index (χ1n) is 6.70. The normalized spacial score (nSPS) is 10.8. The molecule has 1 aromatic carbocycles. The molecule has 0 aliphatic rings. The van der Waals surface area contributed by atoms with Crippen molar-refractivity contribution in [2.45, 2.75) is 0 Å². The Bertz CT molecular complexity index is 1010. The van der Waals surface area contributed by atoms with Crippen LogP contribution in [-0.4, -0.2) is 40.3 Å². The van der Waals surface area contributed by atoms with E-state index in [0.29, 0.717) is 27.8 Å². The highest BCUT2D eigenvalue weighted by Gasteiger charge is 2.17. The summed E-state index contributed by atoms with van der Waals surface area (Å²) in [4.78, 5) is 15.2. The largest absolute Gasteiger partial charge is 0.278 e. The van der Waals surface area contributed by atoms with Crippen molar-refractivity contribution in [3.05, 3.63) is 52.2 Å². The summed E-state index contributed by atoms with van der Waals surface area (Å²) in [5.41, 5.74) is 1.70. The summed E-state index contributed by atoms with van der Waals surface area (Å²) in [6.45, 7) is 0. The molecule has 0 unspecified atom stereocenters. The molecule has 1 N–H and O–H groups in total. The predicted molar refractivity (Wildman–Crippen MR) is 84.5 cm³/mol. The topological polar surface area (TPSA) is 128 Å². The fraction of sp³-hybridized carbons (Fsp3) is 0. The minimum absolute atomic E-state index is 0.0160. The minimum atomic E-state index is -0.420. The highest BCUT2D eigenvalue weighted by Crippen LogP contribution is 2.31. The van der Waals surface area contributed by atoms with Crippen LogP contribution in [0, 0.1) is 10.1 Å². The van der Waals surface area contributed by atoms with E-state index < -0.39 is 4.92 Å². The highest BCUT2D eigenvalue weighted by atomic mass is 32.1. The summed E-state index contributed by atoms with van der Waals surface area (Å²) < 4.78 is 1.56. The summed E-state index contributed by atoms with van der Waals surface area (Å²) >= 11 is 1.33. The average molecular weight is 340 g/mol. The van der Waals surface area contributed by atoms with Crippen LogP contribution in [0.1, 0.15) is 0 Å². The van der Waals surface area contributed by atoms with E-state index in [1.165, 1.54) is 17.4 Å². The first-order chi connectivity index (χ1) is 11.7. The molecule has 0 radical (unpaired) electrons. The smallest absolute Gasteiger partial charge is 0.258 e. The van der Waals surface area contributed by atoms with E-state index in [1.807, 2.05) is 0 Å². The van der Waals surface area contributed by atoms with Crippen LogP contribution in [0.15, 0.2) is 42.0 Å². The van der Waals surface area contributed by atoms with Crippen LogP contribution < -0.4 is 0 Å². The van der Waals surface area contributed by atoms with Gasteiger partial charge in [-0.15, -0.1) is 21.5 Å². The Morgan fingerprint density at radius 2 is 2.17 bits per heavy atom. The molecule has 0 bridgehead atoms. The second kappa shape index (κ2) is 5.62. The van der Waals surface area contributed by atoms with Gasteiger partial charge in [0.1, 0.15) is 0 Å². The van der Waals surface area contributed by atoms with Gasteiger partial charge in [-0.1, -0.05) is 12.1 Å². The third-order valence-electron chi connectivity index (χ3n) is 3.25. The Morgan fingerprint density at radius 1 is 1.29 bits per heavy atom. The molecule has 0 saturated carbocycles.